The van der Waals surface area contributed by atoms with Crippen molar-refractivity contribution in [2.75, 3.05) is 23.3 Å². The molecule has 0 radical (unpaired) electrons. The van der Waals surface area contributed by atoms with E-state index in [-0.39, 0.29) is 5.82 Å². The fourth-order valence-electron chi connectivity index (χ4n) is 2.72. The second-order valence-electron chi connectivity index (χ2n) is 5.93. The van der Waals surface area contributed by atoms with E-state index in [1.807, 2.05) is 13.0 Å². The first-order valence-corrected chi connectivity index (χ1v) is 7.74. The Morgan fingerprint density at radius 3 is 2.64 bits per heavy atom. The van der Waals surface area contributed by atoms with Crippen LogP contribution in [0, 0.1) is 18.7 Å². The van der Waals surface area contributed by atoms with Crippen LogP contribution in [0.15, 0.2) is 30.3 Å². The van der Waals surface area contributed by atoms with Crippen molar-refractivity contribution in [1.82, 2.24) is 9.97 Å². The van der Waals surface area contributed by atoms with Gasteiger partial charge in [-0.2, -0.15) is 0 Å². The Balaban J connectivity index is 1.82. The minimum absolute atomic E-state index is 0.285. The molecule has 1 aromatic carbocycles. The highest BCUT2D eigenvalue weighted by molar-refractivity contribution is 5.60. The zero-order valence-electron chi connectivity index (χ0n) is 13.0. The van der Waals surface area contributed by atoms with E-state index >= 15 is 0 Å². The van der Waals surface area contributed by atoms with Crippen molar-refractivity contribution >= 4 is 17.3 Å². The number of rotatable bonds is 3. The van der Waals surface area contributed by atoms with Crippen LogP contribution in [0.25, 0.3) is 0 Å². The average molecular weight is 300 g/mol. The van der Waals surface area contributed by atoms with E-state index in [0.29, 0.717) is 17.3 Å². The maximum absolute atomic E-state index is 13.8. The lowest BCUT2D eigenvalue weighted by Crippen LogP contribution is -2.33. The second kappa shape index (κ2) is 6.30. The number of anilines is 3. The molecule has 1 N–H and O–H groups in total. The van der Waals surface area contributed by atoms with Crippen LogP contribution in [0.3, 0.4) is 0 Å². The summed E-state index contributed by atoms with van der Waals surface area (Å²) in [5.74, 6) is 2.72. The molecular weight excluding hydrogens is 279 g/mol. The maximum atomic E-state index is 13.8. The molecule has 0 amide bonds. The normalized spacial score (nSPS) is 15.9. The van der Waals surface area contributed by atoms with Gasteiger partial charge in [-0.25, -0.2) is 14.4 Å². The molecule has 1 aromatic heterocycles. The van der Waals surface area contributed by atoms with Gasteiger partial charge in [0.05, 0.1) is 5.69 Å². The summed E-state index contributed by atoms with van der Waals surface area (Å²) in [7, 11) is 0. The summed E-state index contributed by atoms with van der Waals surface area (Å²) in [5, 5.41) is 3.05. The van der Waals surface area contributed by atoms with Gasteiger partial charge in [-0.05, 0) is 37.8 Å². The molecule has 0 aliphatic carbocycles. The Bertz CT molecular complexity index is 651. The molecule has 3 rings (SSSR count). The fraction of sp³-hybridized carbons (Fsp3) is 0.412. The first-order valence-electron chi connectivity index (χ1n) is 7.74. The van der Waals surface area contributed by atoms with Gasteiger partial charge in [0, 0.05) is 19.2 Å². The van der Waals surface area contributed by atoms with Crippen molar-refractivity contribution in [3.63, 3.8) is 0 Å². The molecule has 1 aliphatic heterocycles. The molecule has 5 heteroatoms. The highest BCUT2D eigenvalue weighted by Gasteiger charge is 2.18. The molecule has 0 atom stereocenters. The number of hydrogen-bond acceptors (Lipinski definition) is 4. The van der Waals surface area contributed by atoms with Gasteiger partial charge in [-0.1, -0.05) is 19.1 Å². The third-order valence-electron chi connectivity index (χ3n) is 4.07. The van der Waals surface area contributed by atoms with Crippen molar-refractivity contribution in [3.05, 3.63) is 42.0 Å². The topological polar surface area (TPSA) is 41.1 Å². The van der Waals surface area contributed by atoms with Gasteiger partial charge in [-0.15, -0.1) is 0 Å². The highest BCUT2D eigenvalue weighted by Crippen LogP contribution is 2.25. The summed E-state index contributed by atoms with van der Waals surface area (Å²) in [6.07, 6.45) is 2.36. The minimum atomic E-state index is -0.285. The molecule has 0 spiro atoms. The van der Waals surface area contributed by atoms with Gasteiger partial charge in [0.15, 0.2) is 0 Å². The molecule has 2 heterocycles. The number of hydrogen-bond donors (Lipinski definition) is 1. The van der Waals surface area contributed by atoms with Crippen molar-refractivity contribution < 1.29 is 4.39 Å². The smallest absolute Gasteiger partial charge is 0.146 e. The molecule has 0 saturated carbocycles. The number of nitrogens with one attached hydrogen (secondary N) is 1. The quantitative estimate of drug-likeness (QED) is 0.933. The number of benzene rings is 1. The molecule has 1 saturated heterocycles. The molecule has 2 aromatic rings. The van der Waals surface area contributed by atoms with Crippen LogP contribution in [0.1, 0.15) is 25.6 Å². The predicted molar refractivity (Wildman–Crippen MR) is 87.1 cm³/mol. The zero-order chi connectivity index (χ0) is 15.5. The Morgan fingerprint density at radius 1 is 1.18 bits per heavy atom. The summed E-state index contributed by atoms with van der Waals surface area (Å²) >= 11 is 0. The lowest BCUT2D eigenvalue weighted by atomic mass is 9.99. The molecule has 1 aliphatic rings. The molecule has 22 heavy (non-hydrogen) atoms. The molecule has 0 bridgehead atoms. The van der Waals surface area contributed by atoms with Crippen LogP contribution in [-0.2, 0) is 0 Å². The lowest BCUT2D eigenvalue weighted by molar-refractivity contribution is 0.436. The average Bonchev–Trinajstić information content (AvgIpc) is 2.50. The van der Waals surface area contributed by atoms with Crippen LogP contribution >= 0.6 is 0 Å². The van der Waals surface area contributed by atoms with Gasteiger partial charge in [-0.3, -0.25) is 0 Å². The summed E-state index contributed by atoms with van der Waals surface area (Å²) in [5.41, 5.74) is 0.429. The number of aromatic nitrogens is 2. The van der Waals surface area contributed by atoms with E-state index < -0.39 is 0 Å². The zero-order valence-corrected chi connectivity index (χ0v) is 13.0. The lowest BCUT2D eigenvalue weighted by Gasteiger charge is -2.31. The summed E-state index contributed by atoms with van der Waals surface area (Å²) in [6.45, 7) is 6.17. The monoisotopic (exact) mass is 300 g/mol. The standard InChI is InChI=1S/C17H21FN4/c1-12-7-9-22(10-8-12)17-11-16(19-13(2)20-17)21-15-6-4-3-5-14(15)18/h3-6,11-12H,7-10H2,1-2H3,(H,19,20,21). The van der Waals surface area contributed by atoms with E-state index in [2.05, 4.69) is 27.1 Å². The molecular formula is C17H21FN4. The predicted octanol–water partition coefficient (Wildman–Crippen LogP) is 3.90. The number of nitrogens with zero attached hydrogens (tertiary/aromatic N) is 3. The summed E-state index contributed by atoms with van der Waals surface area (Å²) < 4.78 is 13.8. The fourth-order valence-corrected chi connectivity index (χ4v) is 2.72. The van der Waals surface area contributed by atoms with Gasteiger partial charge in [0.1, 0.15) is 23.3 Å². The van der Waals surface area contributed by atoms with Gasteiger partial charge in [0.25, 0.3) is 0 Å². The second-order valence-corrected chi connectivity index (χ2v) is 5.93. The molecule has 1 fully saturated rings. The van der Waals surface area contributed by atoms with Crippen molar-refractivity contribution in [2.24, 2.45) is 5.92 Å². The van der Waals surface area contributed by atoms with Crippen molar-refractivity contribution in [2.45, 2.75) is 26.7 Å². The van der Waals surface area contributed by atoms with Crippen LogP contribution < -0.4 is 10.2 Å². The first-order chi connectivity index (χ1) is 10.6. The Labute approximate surface area is 130 Å². The minimum Gasteiger partial charge on any atom is -0.356 e. The Hall–Kier alpha value is -2.17. The maximum Gasteiger partial charge on any atom is 0.146 e. The first kappa shape index (κ1) is 14.8. The van der Waals surface area contributed by atoms with Crippen molar-refractivity contribution in [1.29, 1.82) is 0 Å². The third kappa shape index (κ3) is 3.35. The van der Waals surface area contributed by atoms with Crippen LogP contribution in [-0.4, -0.2) is 23.1 Å². The molecule has 4 nitrogen and oxygen atoms in total. The van der Waals surface area contributed by atoms with Crippen LogP contribution in [0.2, 0.25) is 0 Å². The largest absolute Gasteiger partial charge is 0.356 e. The third-order valence-corrected chi connectivity index (χ3v) is 4.07. The highest BCUT2D eigenvalue weighted by atomic mass is 19.1. The molecule has 0 unspecified atom stereocenters. The van der Waals surface area contributed by atoms with Gasteiger partial charge in [0.2, 0.25) is 0 Å². The number of aryl methyl sites for hydroxylation is 1. The van der Waals surface area contributed by atoms with Gasteiger partial charge >= 0.3 is 0 Å². The van der Waals surface area contributed by atoms with E-state index in [1.165, 1.54) is 18.9 Å². The van der Waals surface area contributed by atoms with Crippen LogP contribution in [0.5, 0.6) is 0 Å². The Kier molecular flexibility index (Phi) is 4.22. The summed E-state index contributed by atoms with van der Waals surface area (Å²) in [4.78, 5) is 11.2. The molecule has 116 valence electrons. The van der Waals surface area contributed by atoms with E-state index in [9.17, 15) is 4.39 Å². The van der Waals surface area contributed by atoms with E-state index in [4.69, 9.17) is 0 Å². The van der Waals surface area contributed by atoms with Crippen molar-refractivity contribution in [3.8, 4) is 0 Å². The van der Waals surface area contributed by atoms with Gasteiger partial charge < -0.3 is 10.2 Å². The summed E-state index contributed by atoms with van der Waals surface area (Å²) in [6, 6.07) is 8.51. The van der Waals surface area contributed by atoms with E-state index in [1.54, 1.807) is 18.2 Å². The van der Waals surface area contributed by atoms with E-state index in [0.717, 1.165) is 24.8 Å². The van der Waals surface area contributed by atoms with Crippen LogP contribution in [0.4, 0.5) is 21.7 Å². The SMILES string of the molecule is Cc1nc(Nc2ccccc2F)cc(N2CCC(C)CC2)n1. The number of para-hydroxylation sites is 1. The number of piperidine rings is 1. The Morgan fingerprint density at radius 2 is 1.91 bits per heavy atom. The number of halogens is 1.